The number of hydrogen-bond acceptors (Lipinski definition) is 4. The van der Waals surface area contributed by atoms with Gasteiger partial charge in [-0.25, -0.2) is 4.98 Å². The van der Waals surface area contributed by atoms with Crippen molar-refractivity contribution in [1.29, 1.82) is 0 Å². The van der Waals surface area contributed by atoms with Crippen LogP contribution in [0.4, 0.5) is 27.6 Å². The van der Waals surface area contributed by atoms with E-state index in [2.05, 4.69) is 15.0 Å². The first-order valence-corrected chi connectivity index (χ1v) is 7.24. The van der Waals surface area contributed by atoms with Gasteiger partial charge in [0.1, 0.15) is 10.8 Å². The minimum Gasteiger partial charge on any atom is -0.466 e. The van der Waals surface area contributed by atoms with Gasteiger partial charge in [-0.05, 0) is 18.2 Å². The Morgan fingerprint density at radius 2 is 1.96 bits per heavy atom. The van der Waals surface area contributed by atoms with Gasteiger partial charge >= 0.3 is 12.8 Å². The highest BCUT2D eigenvalue weighted by atomic mass is 35.5. The van der Waals surface area contributed by atoms with Crippen LogP contribution in [-0.2, 0) is 11.0 Å². The first-order chi connectivity index (χ1) is 12.2. The molecule has 1 aromatic heterocycles. The second-order valence-electron chi connectivity index (χ2n) is 4.72. The fourth-order valence-electron chi connectivity index (χ4n) is 1.78. The molecule has 1 heterocycles. The molecule has 0 aliphatic rings. The molecule has 0 aliphatic carbocycles. The standard InChI is InChI=1S/C15H10ClF5N2O3/c16-9-5-8(15(19,20)21)6-22-13(9)25-7-12(24)23-10-3-1-2-4-11(10)26-14(17)18/h1-6,14H,7H2,(H,23,24). The predicted molar refractivity (Wildman–Crippen MR) is 81.4 cm³/mol. The zero-order valence-electron chi connectivity index (χ0n) is 12.7. The number of carbonyl (C=O) groups is 1. The highest BCUT2D eigenvalue weighted by molar-refractivity contribution is 6.31. The highest BCUT2D eigenvalue weighted by Gasteiger charge is 2.31. The minimum atomic E-state index is -4.62. The van der Waals surface area contributed by atoms with E-state index in [4.69, 9.17) is 16.3 Å². The van der Waals surface area contributed by atoms with Crippen LogP contribution < -0.4 is 14.8 Å². The van der Waals surface area contributed by atoms with Gasteiger partial charge in [0.2, 0.25) is 5.88 Å². The van der Waals surface area contributed by atoms with Gasteiger partial charge < -0.3 is 14.8 Å². The molecule has 0 atom stereocenters. The smallest absolute Gasteiger partial charge is 0.417 e. The van der Waals surface area contributed by atoms with Crippen LogP contribution in [-0.4, -0.2) is 24.1 Å². The lowest BCUT2D eigenvalue weighted by atomic mass is 10.3. The number of anilines is 1. The van der Waals surface area contributed by atoms with Gasteiger partial charge in [0, 0.05) is 6.20 Å². The van der Waals surface area contributed by atoms with E-state index < -0.39 is 35.9 Å². The second-order valence-corrected chi connectivity index (χ2v) is 5.13. The SMILES string of the molecule is O=C(COc1ncc(C(F)(F)F)cc1Cl)Nc1ccccc1OC(F)F. The Hall–Kier alpha value is -2.62. The van der Waals surface area contributed by atoms with Gasteiger partial charge in [0.15, 0.2) is 6.61 Å². The van der Waals surface area contributed by atoms with Crippen LogP contribution in [0.1, 0.15) is 5.56 Å². The minimum absolute atomic E-state index is 0.0344. The Morgan fingerprint density at radius 3 is 2.58 bits per heavy atom. The van der Waals surface area contributed by atoms with Crippen molar-refractivity contribution in [3.05, 3.63) is 47.1 Å². The number of para-hydroxylation sites is 2. The number of benzene rings is 1. The predicted octanol–water partition coefficient (Wildman–Crippen LogP) is 4.37. The number of pyridine rings is 1. The maximum Gasteiger partial charge on any atom is 0.417 e. The molecular formula is C15H10ClF5N2O3. The van der Waals surface area contributed by atoms with E-state index in [0.29, 0.717) is 12.3 Å². The number of rotatable bonds is 6. The highest BCUT2D eigenvalue weighted by Crippen LogP contribution is 2.33. The summed E-state index contributed by atoms with van der Waals surface area (Å²) in [6.45, 7) is -3.75. The van der Waals surface area contributed by atoms with Crippen molar-refractivity contribution in [3.63, 3.8) is 0 Å². The van der Waals surface area contributed by atoms with E-state index in [0.717, 1.165) is 0 Å². The van der Waals surface area contributed by atoms with Crippen molar-refractivity contribution in [3.8, 4) is 11.6 Å². The van der Waals surface area contributed by atoms with Gasteiger partial charge in [-0.15, -0.1) is 0 Å². The van der Waals surface area contributed by atoms with Crippen LogP contribution in [0.15, 0.2) is 36.5 Å². The molecule has 5 nitrogen and oxygen atoms in total. The molecule has 1 aromatic carbocycles. The molecule has 0 saturated heterocycles. The van der Waals surface area contributed by atoms with Crippen molar-refractivity contribution >= 4 is 23.2 Å². The summed E-state index contributed by atoms with van der Waals surface area (Å²) in [4.78, 5) is 15.2. The third-order valence-corrected chi connectivity index (χ3v) is 3.12. The normalized spacial score (nSPS) is 11.3. The molecule has 2 rings (SSSR count). The maximum absolute atomic E-state index is 12.5. The molecule has 1 N–H and O–H groups in total. The lowest BCUT2D eigenvalue weighted by Crippen LogP contribution is -2.21. The molecule has 140 valence electrons. The number of carbonyl (C=O) groups excluding carboxylic acids is 1. The van der Waals surface area contributed by atoms with E-state index in [1.165, 1.54) is 24.3 Å². The lowest BCUT2D eigenvalue weighted by molar-refractivity contribution is -0.137. The molecule has 0 fully saturated rings. The largest absolute Gasteiger partial charge is 0.466 e. The third kappa shape index (κ3) is 5.45. The van der Waals surface area contributed by atoms with Crippen molar-refractivity contribution in [2.45, 2.75) is 12.8 Å². The monoisotopic (exact) mass is 396 g/mol. The van der Waals surface area contributed by atoms with Crippen LogP contribution in [0, 0.1) is 0 Å². The van der Waals surface area contributed by atoms with Gasteiger partial charge in [-0.3, -0.25) is 4.79 Å². The van der Waals surface area contributed by atoms with Crippen LogP contribution in [0.2, 0.25) is 5.02 Å². The Bertz CT molecular complexity index is 786. The number of halogens is 6. The summed E-state index contributed by atoms with van der Waals surface area (Å²) in [6.07, 6.45) is -4.12. The first kappa shape index (κ1) is 19.7. The molecule has 2 aromatic rings. The molecule has 0 saturated carbocycles. The maximum atomic E-state index is 12.5. The molecule has 0 spiro atoms. The molecule has 1 amide bonds. The molecule has 0 unspecified atom stereocenters. The molecule has 0 bridgehead atoms. The Balaban J connectivity index is 2.00. The van der Waals surface area contributed by atoms with Crippen molar-refractivity contribution in [2.75, 3.05) is 11.9 Å². The number of aromatic nitrogens is 1. The van der Waals surface area contributed by atoms with Gasteiger partial charge in [-0.2, -0.15) is 22.0 Å². The van der Waals surface area contributed by atoms with Gasteiger partial charge in [0.05, 0.1) is 11.3 Å². The third-order valence-electron chi connectivity index (χ3n) is 2.85. The first-order valence-electron chi connectivity index (χ1n) is 6.86. The van der Waals surface area contributed by atoms with E-state index in [1.54, 1.807) is 0 Å². The summed E-state index contributed by atoms with van der Waals surface area (Å²) in [5.74, 6) is -1.43. The number of alkyl halides is 5. The number of amides is 1. The quantitative estimate of drug-likeness (QED) is 0.736. The van der Waals surface area contributed by atoms with E-state index >= 15 is 0 Å². The molecule has 0 aliphatic heterocycles. The molecule has 0 radical (unpaired) electrons. The van der Waals surface area contributed by atoms with E-state index in [-0.39, 0.29) is 17.3 Å². The summed E-state index contributed by atoms with van der Waals surface area (Å²) in [7, 11) is 0. The summed E-state index contributed by atoms with van der Waals surface area (Å²) < 4.78 is 71.3. The summed E-state index contributed by atoms with van der Waals surface area (Å²) in [5, 5.41) is 1.83. The Morgan fingerprint density at radius 1 is 1.27 bits per heavy atom. The van der Waals surface area contributed by atoms with E-state index in [1.807, 2.05) is 0 Å². The van der Waals surface area contributed by atoms with Crippen molar-refractivity contribution < 1.29 is 36.2 Å². The fraction of sp³-hybridized carbons (Fsp3) is 0.200. The van der Waals surface area contributed by atoms with Crippen LogP contribution in [0.25, 0.3) is 0 Å². The van der Waals surface area contributed by atoms with Crippen LogP contribution >= 0.6 is 11.6 Å². The summed E-state index contributed by atoms with van der Waals surface area (Å²) in [6, 6.07) is 6.04. The average molecular weight is 397 g/mol. The van der Waals surface area contributed by atoms with Gasteiger partial charge in [-0.1, -0.05) is 23.7 Å². The van der Waals surface area contributed by atoms with Crippen molar-refractivity contribution in [2.24, 2.45) is 0 Å². The fourth-order valence-corrected chi connectivity index (χ4v) is 2.00. The number of ether oxygens (including phenoxy) is 2. The summed E-state index contributed by atoms with van der Waals surface area (Å²) in [5.41, 5.74) is -1.11. The summed E-state index contributed by atoms with van der Waals surface area (Å²) >= 11 is 5.64. The molecule has 11 heteroatoms. The number of hydrogen-bond donors (Lipinski definition) is 1. The van der Waals surface area contributed by atoms with Crippen molar-refractivity contribution in [1.82, 2.24) is 4.98 Å². The zero-order valence-corrected chi connectivity index (χ0v) is 13.4. The lowest BCUT2D eigenvalue weighted by Gasteiger charge is -2.12. The number of nitrogens with one attached hydrogen (secondary N) is 1. The van der Waals surface area contributed by atoms with Crippen LogP contribution in [0.3, 0.4) is 0 Å². The van der Waals surface area contributed by atoms with E-state index in [9.17, 15) is 26.7 Å². The molecular weight excluding hydrogens is 387 g/mol. The second kappa shape index (κ2) is 8.17. The Kier molecular flexibility index (Phi) is 6.19. The average Bonchev–Trinajstić information content (AvgIpc) is 2.54. The van der Waals surface area contributed by atoms with Crippen LogP contribution in [0.5, 0.6) is 11.6 Å². The molecule has 26 heavy (non-hydrogen) atoms. The topological polar surface area (TPSA) is 60.5 Å². The Labute approximate surface area is 148 Å². The van der Waals surface area contributed by atoms with Gasteiger partial charge in [0.25, 0.3) is 5.91 Å². The number of nitrogens with zero attached hydrogens (tertiary/aromatic N) is 1. The zero-order chi connectivity index (χ0) is 19.3.